The third kappa shape index (κ3) is 1.36. The van der Waals surface area contributed by atoms with Crippen LogP contribution in [0, 0.1) is 0 Å². The van der Waals surface area contributed by atoms with E-state index in [1.807, 2.05) is 11.3 Å². The summed E-state index contributed by atoms with van der Waals surface area (Å²) in [4.78, 5) is 0. The van der Waals surface area contributed by atoms with Gasteiger partial charge in [0, 0.05) is 30.0 Å². The molecular formula is C16H9BrS. The lowest BCUT2D eigenvalue weighted by atomic mass is 10.1. The monoisotopic (exact) mass is 312 g/mol. The average Bonchev–Trinajstić information content (AvgIpc) is 2.78. The number of thiophene rings is 1. The summed E-state index contributed by atoms with van der Waals surface area (Å²) in [5, 5.41) is 5.32. The molecule has 0 saturated carbocycles. The Morgan fingerprint density at radius 3 is 2.22 bits per heavy atom. The second-order valence-electron chi connectivity index (χ2n) is 4.38. The SMILES string of the molecule is Brc1cc2c3ccccc3sc2c2ccccc12. The van der Waals surface area contributed by atoms with Crippen molar-refractivity contribution < 1.29 is 0 Å². The van der Waals surface area contributed by atoms with Crippen LogP contribution in [0.1, 0.15) is 0 Å². The van der Waals surface area contributed by atoms with Gasteiger partial charge in [-0.05, 0) is 17.5 Å². The molecule has 4 aromatic rings. The third-order valence-electron chi connectivity index (χ3n) is 3.33. The largest absolute Gasteiger partial charge is 0.135 e. The van der Waals surface area contributed by atoms with Crippen LogP contribution in [-0.2, 0) is 0 Å². The van der Waals surface area contributed by atoms with Gasteiger partial charge in [0.1, 0.15) is 0 Å². The number of hydrogen-bond donors (Lipinski definition) is 0. The first-order valence-electron chi connectivity index (χ1n) is 5.83. The van der Waals surface area contributed by atoms with Crippen LogP contribution >= 0.6 is 27.3 Å². The summed E-state index contributed by atoms with van der Waals surface area (Å²) in [7, 11) is 0. The molecule has 18 heavy (non-hydrogen) atoms. The first-order chi connectivity index (χ1) is 8.84. The van der Waals surface area contributed by atoms with Gasteiger partial charge in [0.05, 0.1) is 0 Å². The van der Waals surface area contributed by atoms with E-state index in [0.717, 1.165) is 0 Å². The number of fused-ring (bicyclic) bond motifs is 5. The minimum Gasteiger partial charge on any atom is -0.135 e. The van der Waals surface area contributed by atoms with Crippen LogP contribution in [0.2, 0.25) is 0 Å². The molecule has 0 nitrogen and oxygen atoms in total. The van der Waals surface area contributed by atoms with Crippen LogP contribution in [0.5, 0.6) is 0 Å². The topological polar surface area (TPSA) is 0 Å². The summed E-state index contributed by atoms with van der Waals surface area (Å²) in [6.07, 6.45) is 0. The Labute approximate surface area is 117 Å². The van der Waals surface area contributed by atoms with Crippen LogP contribution < -0.4 is 0 Å². The maximum absolute atomic E-state index is 3.69. The number of hydrogen-bond acceptors (Lipinski definition) is 1. The Balaban J connectivity index is 2.36. The molecule has 0 saturated heterocycles. The van der Waals surface area contributed by atoms with E-state index < -0.39 is 0 Å². The van der Waals surface area contributed by atoms with Gasteiger partial charge in [-0.25, -0.2) is 0 Å². The Morgan fingerprint density at radius 2 is 1.39 bits per heavy atom. The normalized spacial score (nSPS) is 11.6. The lowest BCUT2D eigenvalue weighted by Crippen LogP contribution is -1.75. The van der Waals surface area contributed by atoms with Gasteiger partial charge >= 0.3 is 0 Å². The average molecular weight is 313 g/mol. The first-order valence-corrected chi connectivity index (χ1v) is 7.44. The zero-order valence-electron chi connectivity index (χ0n) is 9.48. The van der Waals surface area contributed by atoms with E-state index in [4.69, 9.17) is 0 Å². The highest BCUT2D eigenvalue weighted by Crippen LogP contribution is 2.40. The van der Waals surface area contributed by atoms with E-state index in [0.29, 0.717) is 0 Å². The zero-order chi connectivity index (χ0) is 12.1. The van der Waals surface area contributed by atoms with E-state index in [-0.39, 0.29) is 0 Å². The second kappa shape index (κ2) is 3.81. The van der Waals surface area contributed by atoms with Gasteiger partial charge in [-0.15, -0.1) is 11.3 Å². The summed E-state index contributed by atoms with van der Waals surface area (Å²) in [6.45, 7) is 0. The van der Waals surface area contributed by atoms with Gasteiger partial charge in [-0.3, -0.25) is 0 Å². The van der Waals surface area contributed by atoms with Crippen molar-refractivity contribution in [2.75, 3.05) is 0 Å². The Bertz CT molecular complexity index is 889. The van der Waals surface area contributed by atoms with E-state index in [9.17, 15) is 0 Å². The van der Waals surface area contributed by atoms with Gasteiger partial charge in [-0.2, -0.15) is 0 Å². The van der Waals surface area contributed by atoms with Crippen LogP contribution in [-0.4, -0.2) is 0 Å². The fourth-order valence-electron chi connectivity index (χ4n) is 2.50. The van der Waals surface area contributed by atoms with Gasteiger partial charge < -0.3 is 0 Å². The number of rotatable bonds is 0. The molecule has 0 aliphatic rings. The molecule has 0 aliphatic carbocycles. The summed E-state index contributed by atoms with van der Waals surface area (Å²) in [6, 6.07) is 19.4. The van der Waals surface area contributed by atoms with E-state index in [1.165, 1.54) is 35.4 Å². The van der Waals surface area contributed by atoms with Gasteiger partial charge in [-0.1, -0.05) is 58.4 Å². The summed E-state index contributed by atoms with van der Waals surface area (Å²) >= 11 is 5.57. The predicted molar refractivity (Wildman–Crippen MR) is 84.5 cm³/mol. The van der Waals surface area contributed by atoms with Crippen molar-refractivity contribution in [2.24, 2.45) is 0 Å². The maximum atomic E-state index is 3.69. The Morgan fingerprint density at radius 1 is 0.722 bits per heavy atom. The number of halogens is 1. The highest BCUT2D eigenvalue weighted by molar-refractivity contribution is 9.10. The quantitative estimate of drug-likeness (QED) is 0.375. The fraction of sp³-hybridized carbons (Fsp3) is 0. The summed E-state index contributed by atoms with van der Waals surface area (Å²) in [5.41, 5.74) is 0. The molecule has 1 heterocycles. The maximum Gasteiger partial charge on any atom is 0.0434 e. The smallest absolute Gasteiger partial charge is 0.0434 e. The standard InChI is InChI=1S/C16H9BrS/c17-14-9-13-11-6-3-4-8-15(11)18-16(13)12-7-2-1-5-10(12)14/h1-9H. The van der Waals surface area contributed by atoms with Gasteiger partial charge in [0.15, 0.2) is 0 Å². The molecule has 86 valence electrons. The van der Waals surface area contributed by atoms with Gasteiger partial charge in [0.2, 0.25) is 0 Å². The molecule has 0 unspecified atom stereocenters. The highest BCUT2D eigenvalue weighted by Gasteiger charge is 2.09. The second-order valence-corrected chi connectivity index (χ2v) is 6.29. The van der Waals surface area contributed by atoms with Crippen LogP contribution in [0.4, 0.5) is 0 Å². The minimum absolute atomic E-state index is 1.18. The van der Waals surface area contributed by atoms with E-state index in [1.54, 1.807) is 0 Å². The molecule has 0 aliphatic heterocycles. The van der Waals surface area contributed by atoms with E-state index >= 15 is 0 Å². The van der Waals surface area contributed by atoms with Crippen LogP contribution in [0.15, 0.2) is 59.1 Å². The fourth-order valence-corrected chi connectivity index (χ4v) is 4.30. The molecule has 0 atom stereocenters. The third-order valence-corrected chi connectivity index (χ3v) is 5.21. The summed E-state index contributed by atoms with van der Waals surface area (Å²) < 4.78 is 3.92. The van der Waals surface area contributed by atoms with E-state index in [2.05, 4.69) is 70.5 Å². The Hall–Kier alpha value is -1.38. The molecule has 0 N–H and O–H groups in total. The minimum atomic E-state index is 1.18. The van der Waals surface area contributed by atoms with Crippen molar-refractivity contribution >= 4 is 58.2 Å². The molecule has 1 aromatic heterocycles. The van der Waals surface area contributed by atoms with Crippen molar-refractivity contribution in [2.45, 2.75) is 0 Å². The molecule has 3 aromatic carbocycles. The van der Waals surface area contributed by atoms with Gasteiger partial charge in [0.25, 0.3) is 0 Å². The first kappa shape index (κ1) is 10.5. The van der Waals surface area contributed by atoms with Crippen molar-refractivity contribution in [3.63, 3.8) is 0 Å². The van der Waals surface area contributed by atoms with Crippen molar-refractivity contribution in [3.05, 3.63) is 59.1 Å². The van der Waals surface area contributed by atoms with Crippen molar-refractivity contribution in [1.29, 1.82) is 0 Å². The molecule has 2 heteroatoms. The van der Waals surface area contributed by atoms with Crippen molar-refractivity contribution in [1.82, 2.24) is 0 Å². The van der Waals surface area contributed by atoms with Crippen molar-refractivity contribution in [3.8, 4) is 0 Å². The lowest BCUT2D eigenvalue weighted by molar-refractivity contribution is 1.78. The molecule has 0 spiro atoms. The Kier molecular flexibility index (Phi) is 2.23. The molecule has 4 rings (SSSR count). The molecular weight excluding hydrogens is 304 g/mol. The lowest BCUT2D eigenvalue weighted by Gasteiger charge is -2.02. The summed E-state index contributed by atoms with van der Waals surface area (Å²) in [5.74, 6) is 0. The predicted octanol–water partition coefficient (Wildman–Crippen LogP) is 5.97. The molecule has 0 fully saturated rings. The van der Waals surface area contributed by atoms with Crippen LogP contribution in [0.25, 0.3) is 30.9 Å². The highest BCUT2D eigenvalue weighted by atomic mass is 79.9. The molecule has 0 radical (unpaired) electrons. The zero-order valence-corrected chi connectivity index (χ0v) is 11.9. The molecule has 0 bridgehead atoms. The molecule has 0 amide bonds. The van der Waals surface area contributed by atoms with Crippen LogP contribution in [0.3, 0.4) is 0 Å². The number of benzene rings is 3.